The molecule has 0 radical (unpaired) electrons. The first-order valence-corrected chi connectivity index (χ1v) is 8.79. The number of hydrogen-bond acceptors (Lipinski definition) is 3. The second-order valence-corrected chi connectivity index (χ2v) is 6.96. The van der Waals surface area contributed by atoms with Gasteiger partial charge < -0.3 is 15.2 Å². The normalized spacial score (nSPS) is 11.9. The molecule has 0 spiro atoms. The van der Waals surface area contributed by atoms with Crippen molar-refractivity contribution in [2.45, 2.75) is 6.10 Å². The summed E-state index contributed by atoms with van der Waals surface area (Å²) in [4.78, 5) is 12.1. The molecule has 2 aromatic rings. The molecule has 4 nitrogen and oxygen atoms in total. The molecule has 1 amide bonds. The lowest BCUT2D eigenvalue weighted by Gasteiger charge is -2.15. The molecule has 0 aliphatic heterocycles. The van der Waals surface area contributed by atoms with E-state index < -0.39 is 6.10 Å². The van der Waals surface area contributed by atoms with Crippen molar-refractivity contribution in [2.24, 2.45) is 0 Å². The van der Waals surface area contributed by atoms with Gasteiger partial charge in [-0.05, 0) is 30.3 Å². The standard InChI is InChI=1S/C16H13BrCl3NO3/c17-9-4-5-12(18)11(6-9)16(23)21-7-10(22)8-24-14-3-1-2-13(19)15(14)20/h1-6,10,22H,7-8H2,(H,21,23). The molecule has 0 bridgehead atoms. The summed E-state index contributed by atoms with van der Waals surface area (Å²) in [6, 6.07) is 9.91. The fraction of sp³-hybridized carbons (Fsp3) is 0.188. The lowest BCUT2D eigenvalue weighted by atomic mass is 10.2. The predicted molar refractivity (Wildman–Crippen MR) is 99.4 cm³/mol. The van der Waals surface area contributed by atoms with E-state index in [0.717, 1.165) is 4.47 Å². The van der Waals surface area contributed by atoms with E-state index in [1.54, 1.807) is 36.4 Å². The first-order valence-electron chi connectivity index (χ1n) is 6.86. The van der Waals surface area contributed by atoms with Crippen LogP contribution in [0.2, 0.25) is 15.1 Å². The van der Waals surface area contributed by atoms with Gasteiger partial charge in [0.25, 0.3) is 5.91 Å². The smallest absolute Gasteiger partial charge is 0.252 e. The molecule has 2 aromatic carbocycles. The van der Waals surface area contributed by atoms with E-state index in [9.17, 15) is 9.90 Å². The predicted octanol–water partition coefficient (Wildman–Crippen LogP) is 4.58. The van der Waals surface area contributed by atoms with Crippen molar-refractivity contribution in [1.29, 1.82) is 0 Å². The molecular weight excluding hydrogens is 440 g/mol. The molecule has 0 saturated heterocycles. The Labute approximate surface area is 162 Å². The van der Waals surface area contributed by atoms with Crippen molar-refractivity contribution in [3.05, 3.63) is 61.5 Å². The number of ether oxygens (including phenoxy) is 1. The molecule has 0 saturated carbocycles. The minimum absolute atomic E-state index is 0.000139. The summed E-state index contributed by atoms with van der Waals surface area (Å²) in [5, 5.41) is 13.5. The van der Waals surface area contributed by atoms with Crippen LogP contribution in [0.1, 0.15) is 10.4 Å². The van der Waals surface area contributed by atoms with Crippen LogP contribution in [0.3, 0.4) is 0 Å². The van der Waals surface area contributed by atoms with E-state index in [0.29, 0.717) is 21.4 Å². The zero-order chi connectivity index (χ0) is 17.7. The van der Waals surface area contributed by atoms with Crippen LogP contribution in [-0.4, -0.2) is 30.3 Å². The summed E-state index contributed by atoms with van der Waals surface area (Å²) in [6.07, 6.45) is -0.921. The molecule has 0 heterocycles. The molecule has 0 aromatic heterocycles. The number of carbonyl (C=O) groups excluding carboxylic acids is 1. The van der Waals surface area contributed by atoms with E-state index >= 15 is 0 Å². The highest BCUT2D eigenvalue weighted by Gasteiger charge is 2.14. The Hall–Kier alpha value is -0.980. The van der Waals surface area contributed by atoms with E-state index in [2.05, 4.69) is 21.2 Å². The first-order chi connectivity index (χ1) is 11.4. The van der Waals surface area contributed by atoms with Gasteiger partial charge in [-0.1, -0.05) is 56.8 Å². The maximum absolute atomic E-state index is 12.1. The Bertz CT molecular complexity index is 743. The van der Waals surface area contributed by atoms with Crippen LogP contribution in [0, 0.1) is 0 Å². The van der Waals surface area contributed by atoms with Gasteiger partial charge in [0.05, 0.1) is 15.6 Å². The Morgan fingerprint density at radius 2 is 1.96 bits per heavy atom. The van der Waals surface area contributed by atoms with Crippen molar-refractivity contribution >= 4 is 56.6 Å². The van der Waals surface area contributed by atoms with Gasteiger partial charge in [-0.15, -0.1) is 0 Å². The molecule has 8 heteroatoms. The molecule has 2 N–H and O–H groups in total. The fourth-order valence-electron chi connectivity index (χ4n) is 1.82. The second-order valence-electron chi connectivity index (χ2n) is 4.85. The van der Waals surface area contributed by atoms with Crippen molar-refractivity contribution in [1.82, 2.24) is 5.32 Å². The third-order valence-electron chi connectivity index (χ3n) is 3.02. The van der Waals surface area contributed by atoms with Gasteiger partial charge in [-0.3, -0.25) is 4.79 Å². The Balaban J connectivity index is 1.86. The van der Waals surface area contributed by atoms with E-state index in [-0.39, 0.29) is 24.1 Å². The molecule has 2 rings (SSSR count). The van der Waals surface area contributed by atoms with Crippen LogP contribution >= 0.6 is 50.7 Å². The third-order valence-corrected chi connectivity index (χ3v) is 4.64. The van der Waals surface area contributed by atoms with Crippen molar-refractivity contribution in [2.75, 3.05) is 13.2 Å². The van der Waals surface area contributed by atoms with Crippen molar-refractivity contribution < 1.29 is 14.6 Å². The second kappa shape index (κ2) is 8.92. The van der Waals surface area contributed by atoms with Gasteiger partial charge in [0, 0.05) is 11.0 Å². The van der Waals surface area contributed by atoms with Gasteiger partial charge in [-0.25, -0.2) is 0 Å². The van der Waals surface area contributed by atoms with Gasteiger partial charge in [-0.2, -0.15) is 0 Å². The summed E-state index contributed by atoms with van der Waals surface area (Å²) in [5.41, 5.74) is 0.317. The van der Waals surface area contributed by atoms with Crippen molar-refractivity contribution in [3.63, 3.8) is 0 Å². The first kappa shape index (κ1) is 19.3. The summed E-state index contributed by atoms with van der Waals surface area (Å²) in [5.74, 6) is -0.0225. The number of rotatable bonds is 6. The van der Waals surface area contributed by atoms with Crippen LogP contribution < -0.4 is 10.1 Å². The van der Waals surface area contributed by atoms with Gasteiger partial charge >= 0.3 is 0 Å². The SMILES string of the molecule is O=C(NCC(O)COc1cccc(Cl)c1Cl)c1cc(Br)ccc1Cl. The van der Waals surface area contributed by atoms with E-state index in [4.69, 9.17) is 39.5 Å². The average Bonchev–Trinajstić information content (AvgIpc) is 2.56. The molecular formula is C16H13BrCl3NO3. The zero-order valence-electron chi connectivity index (χ0n) is 12.2. The minimum Gasteiger partial charge on any atom is -0.489 e. The van der Waals surface area contributed by atoms with Gasteiger partial charge in [0.2, 0.25) is 0 Å². The number of aliphatic hydroxyl groups is 1. The minimum atomic E-state index is -0.921. The highest BCUT2D eigenvalue weighted by Crippen LogP contribution is 2.31. The number of hydrogen-bond donors (Lipinski definition) is 2. The zero-order valence-corrected chi connectivity index (χ0v) is 16.1. The molecule has 0 aliphatic carbocycles. The van der Waals surface area contributed by atoms with Crippen LogP contribution in [0.4, 0.5) is 0 Å². The summed E-state index contributed by atoms with van der Waals surface area (Å²) in [7, 11) is 0. The molecule has 0 aliphatic rings. The molecule has 1 atom stereocenters. The lowest BCUT2D eigenvalue weighted by molar-refractivity contribution is 0.0844. The van der Waals surface area contributed by atoms with E-state index in [1.165, 1.54) is 0 Å². The highest BCUT2D eigenvalue weighted by atomic mass is 79.9. The Morgan fingerprint density at radius 1 is 1.21 bits per heavy atom. The number of amides is 1. The van der Waals surface area contributed by atoms with E-state index in [1.807, 2.05) is 0 Å². The van der Waals surface area contributed by atoms with Crippen LogP contribution in [-0.2, 0) is 0 Å². The summed E-state index contributed by atoms with van der Waals surface area (Å²) in [6.45, 7) is -0.0492. The number of carbonyl (C=O) groups is 1. The number of halogens is 4. The topological polar surface area (TPSA) is 58.6 Å². The maximum Gasteiger partial charge on any atom is 0.252 e. The highest BCUT2D eigenvalue weighted by molar-refractivity contribution is 9.10. The van der Waals surface area contributed by atoms with Gasteiger partial charge in [0.1, 0.15) is 23.5 Å². The molecule has 0 fully saturated rings. The summed E-state index contributed by atoms with van der Waals surface area (Å²) < 4.78 is 6.14. The number of benzene rings is 2. The largest absolute Gasteiger partial charge is 0.489 e. The van der Waals surface area contributed by atoms with Crippen molar-refractivity contribution in [3.8, 4) is 5.75 Å². The average molecular weight is 454 g/mol. The monoisotopic (exact) mass is 451 g/mol. The fourth-order valence-corrected chi connectivity index (χ4v) is 2.73. The maximum atomic E-state index is 12.1. The van der Waals surface area contributed by atoms with Crippen LogP contribution in [0.15, 0.2) is 40.9 Å². The summed E-state index contributed by atoms with van der Waals surface area (Å²) >= 11 is 21.1. The third kappa shape index (κ3) is 5.26. The molecule has 24 heavy (non-hydrogen) atoms. The quantitative estimate of drug-likeness (QED) is 0.673. The molecule has 128 valence electrons. The van der Waals surface area contributed by atoms with Crippen LogP contribution in [0.5, 0.6) is 5.75 Å². The lowest BCUT2D eigenvalue weighted by Crippen LogP contribution is -2.35. The molecule has 1 unspecified atom stereocenters. The Kier molecular flexibility index (Phi) is 7.19. The number of aliphatic hydroxyl groups excluding tert-OH is 1. The Morgan fingerprint density at radius 3 is 2.71 bits per heavy atom. The number of nitrogens with one attached hydrogen (secondary N) is 1. The van der Waals surface area contributed by atoms with Gasteiger partial charge in [0.15, 0.2) is 0 Å². The van der Waals surface area contributed by atoms with Crippen LogP contribution in [0.25, 0.3) is 0 Å².